The Morgan fingerprint density at radius 1 is 1.20 bits per heavy atom. The molecule has 0 bridgehead atoms. The van der Waals surface area contributed by atoms with Gasteiger partial charge in [0.1, 0.15) is 5.75 Å². The number of ether oxygens (including phenoxy) is 1. The average molecular weight is 311 g/mol. The summed E-state index contributed by atoms with van der Waals surface area (Å²) in [4.78, 5) is -0.0642. The number of sulfonamides is 1. The van der Waals surface area contributed by atoms with E-state index in [1.165, 1.54) is 11.4 Å². The van der Waals surface area contributed by atoms with E-state index in [9.17, 15) is 21.6 Å². The molecule has 0 atom stereocenters. The SMILES string of the molecule is CCCCN(C)S(=O)(=O)c1ccc(OC(F)(F)F)cc1. The molecule has 0 fully saturated rings. The number of hydrogen-bond donors (Lipinski definition) is 0. The van der Waals surface area contributed by atoms with E-state index < -0.39 is 22.1 Å². The van der Waals surface area contributed by atoms with E-state index in [1.54, 1.807) is 0 Å². The average Bonchev–Trinajstić information content (AvgIpc) is 2.34. The van der Waals surface area contributed by atoms with Gasteiger partial charge in [0.15, 0.2) is 0 Å². The first kappa shape index (κ1) is 16.8. The zero-order valence-electron chi connectivity index (χ0n) is 11.1. The Morgan fingerprint density at radius 3 is 2.20 bits per heavy atom. The monoisotopic (exact) mass is 311 g/mol. The van der Waals surface area contributed by atoms with Crippen LogP contribution in [0.4, 0.5) is 13.2 Å². The van der Waals surface area contributed by atoms with Crippen LogP contribution in [0.2, 0.25) is 0 Å². The van der Waals surface area contributed by atoms with Crippen molar-refractivity contribution in [1.29, 1.82) is 0 Å². The summed E-state index contributed by atoms with van der Waals surface area (Å²) in [7, 11) is -2.24. The van der Waals surface area contributed by atoms with Crippen LogP contribution in [0.1, 0.15) is 19.8 Å². The summed E-state index contributed by atoms with van der Waals surface area (Å²) in [5.41, 5.74) is 0. The standard InChI is InChI=1S/C12H16F3NO3S/c1-3-4-9-16(2)20(17,18)11-7-5-10(6-8-11)19-12(13,14)15/h5-8H,3-4,9H2,1-2H3. The summed E-state index contributed by atoms with van der Waals surface area (Å²) in [6.45, 7) is 2.30. The van der Waals surface area contributed by atoms with Crippen LogP contribution in [0.3, 0.4) is 0 Å². The number of nitrogens with zero attached hydrogens (tertiary/aromatic N) is 1. The molecule has 0 aliphatic carbocycles. The van der Waals surface area contributed by atoms with Gasteiger partial charge in [0.05, 0.1) is 4.90 Å². The zero-order valence-corrected chi connectivity index (χ0v) is 12.0. The van der Waals surface area contributed by atoms with Gasteiger partial charge in [-0.25, -0.2) is 12.7 Å². The topological polar surface area (TPSA) is 46.6 Å². The Morgan fingerprint density at radius 2 is 1.75 bits per heavy atom. The normalized spacial score (nSPS) is 12.7. The minimum atomic E-state index is -4.79. The predicted octanol–water partition coefficient (Wildman–Crippen LogP) is 3.01. The lowest BCUT2D eigenvalue weighted by atomic mass is 10.3. The summed E-state index contributed by atoms with van der Waals surface area (Å²) < 4.78 is 65.0. The fourth-order valence-electron chi connectivity index (χ4n) is 1.49. The molecule has 1 aromatic rings. The van der Waals surface area contributed by atoms with Crippen LogP contribution in [0, 0.1) is 0 Å². The third-order valence-corrected chi connectivity index (χ3v) is 4.46. The van der Waals surface area contributed by atoms with Gasteiger partial charge < -0.3 is 4.74 Å². The van der Waals surface area contributed by atoms with Crippen LogP contribution >= 0.6 is 0 Å². The van der Waals surface area contributed by atoms with E-state index >= 15 is 0 Å². The van der Waals surface area contributed by atoms with E-state index in [-0.39, 0.29) is 4.90 Å². The van der Waals surface area contributed by atoms with Crippen molar-refractivity contribution in [3.63, 3.8) is 0 Å². The van der Waals surface area contributed by atoms with E-state index in [0.717, 1.165) is 30.7 Å². The number of unbranched alkanes of at least 4 members (excludes halogenated alkanes) is 1. The van der Waals surface area contributed by atoms with Crippen LogP contribution < -0.4 is 4.74 Å². The molecule has 1 rings (SSSR count). The summed E-state index contributed by atoms with van der Waals surface area (Å²) in [5.74, 6) is -0.451. The summed E-state index contributed by atoms with van der Waals surface area (Å²) >= 11 is 0. The van der Waals surface area contributed by atoms with Gasteiger partial charge in [0.2, 0.25) is 10.0 Å². The minimum Gasteiger partial charge on any atom is -0.406 e. The van der Waals surface area contributed by atoms with Gasteiger partial charge in [0, 0.05) is 13.6 Å². The molecule has 0 unspecified atom stereocenters. The maximum absolute atomic E-state index is 12.1. The van der Waals surface area contributed by atoms with Crippen molar-refractivity contribution in [1.82, 2.24) is 4.31 Å². The molecule has 1 aromatic carbocycles. The lowest BCUT2D eigenvalue weighted by molar-refractivity contribution is -0.274. The highest BCUT2D eigenvalue weighted by atomic mass is 32.2. The molecule has 8 heteroatoms. The smallest absolute Gasteiger partial charge is 0.406 e. The number of alkyl halides is 3. The summed E-state index contributed by atoms with van der Waals surface area (Å²) in [6, 6.07) is 4.15. The van der Waals surface area contributed by atoms with Gasteiger partial charge in [-0.15, -0.1) is 13.2 Å². The van der Waals surface area contributed by atoms with Gasteiger partial charge in [-0.3, -0.25) is 0 Å². The Hall–Kier alpha value is -1.28. The number of halogens is 3. The molecule has 0 N–H and O–H groups in total. The molecule has 4 nitrogen and oxygen atoms in total. The predicted molar refractivity (Wildman–Crippen MR) is 67.8 cm³/mol. The fourth-order valence-corrected chi connectivity index (χ4v) is 2.70. The van der Waals surface area contributed by atoms with Crippen LogP contribution in [-0.4, -0.2) is 32.7 Å². The highest BCUT2D eigenvalue weighted by molar-refractivity contribution is 7.89. The number of rotatable bonds is 6. The van der Waals surface area contributed by atoms with Crippen molar-refractivity contribution in [3.05, 3.63) is 24.3 Å². The molecule has 0 spiro atoms. The van der Waals surface area contributed by atoms with Gasteiger partial charge in [-0.2, -0.15) is 0 Å². The Bertz CT molecular complexity index is 526. The highest BCUT2D eigenvalue weighted by Crippen LogP contribution is 2.24. The van der Waals surface area contributed by atoms with Crippen molar-refractivity contribution < 1.29 is 26.3 Å². The first-order chi connectivity index (χ1) is 9.16. The largest absolute Gasteiger partial charge is 0.573 e. The van der Waals surface area contributed by atoms with E-state index in [0.29, 0.717) is 13.0 Å². The van der Waals surface area contributed by atoms with Crippen molar-refractivity contribution >= 4 is 10.0 Å². The Labute approximate surface area is 116 Å². The van der Waals surface area contributed by atoms with Crippen LogP contribution in [0.5, 0.6) is 5.75 Å². The van der Waals surface area contributed by atoms with Crippen LogP contribution in [-0.2, 0) is 10.0 Å². The van der Waals surface area contributed by atoms with E-state index in [1.807, 2.05) is 6.92 Å². The molecule has 114 valence electrons. The molecule has 20 heavy (non-hydrogen) atoms. The highest BCUT2D eigenvalue weighted by Gasteiger charge is 2.31. The molecule has 0 aliphatic heterocycles. The Kier molecular flexibility index (Phi) is 5.41. The van der Waals surface area contributed by atoms with Crippen molar-refractivity contribution in [2.45, 2.75) is 31.0 Å². The molecule has 0 aliphatic rings. The molecule has 0 heterocycles. The first-order valence-corrected chi connectivity index (χ1v) is 7.43. The van der Waals surface area contributed by atoms with Crippen LogP contribution in [0.25, 0.3) is 0 Å². The first-order valence-electron chi connectivity index (χ1n) is 5.99. The third-order valence-electron chi connectivity index (χ3n) is 2.59. The summed E-state index contributed by atoms with van der Waals surface area (Å²) in [6.07, 6.45) is -3.23. The van der Waals surface area contributed by atoms with Crippen molar-refractivity contribution in [2.75, 3.05) is 13.6 Å². The quantitative estimate of drug-likeness (QED) is 0.811. The fraction of sp³-hybridized carbons (Fsp3) is 0.500. The number of benzene rings is 1. The van der Waals surface area contributed by atoms with Gasteiger partial charge in [-0.1, -0.05) is 13.3 Å². The summed E-state index contributed by atoms with van der Waals surface area (Å²) in [5, 5.41) is 0. The van der Waals surface area contributed by atoms with Crippen LogP contribution in [0.15, 0.2) is 29.2 Å². The van der Waals surface area contributed by atoms with Gasteiger partial charge in [0.25, 0.3) is 0 Å². The van der Waals surface area contributed by atoms with Gasteiger partial charge >= 0.3 is 6.36 Å². The van der Waals surface area contributed by atoms with Crippen molar-refractivity contribution in [2.24, 2.45) is 0 Å². The third kappa shape index (κ3) is 4.68. The lowest BCUT2D eigenvalue weighted by Crippen LogP contribution is -2.27. The van der Waals surface area contributed by atoms with E-state index in [4.69, 9.17) is 0 Å². The Balaban J connectivity index is 2.87. The molecule has 0 saturated carbocycles. The van der Waals surface area contributed by atoms with Gasteiger partial charge in [-0.05, 0) is 30.7 Å². The zero-order chi connectivity index (χ0) is 15.4. The van der Waals surface area contributed by atoms with Crippen molar-refractivity contribution in [3.8, 4) is 5.75 Å². The maximum Gasteiger partial charge on any atom is 0.573 e. The maximum atomic E-state index is 12.1. The second-order valence-electron chi connectivity index (χ2n) is 4.20. The van der Waals surface area contributed by atoms with E-state index in [2.05, 4.69) is 4.74 Å². The molecule has 0 amide bonds. The minimum absolute atomic E-state index is 0.0642. The molecular formula is C12H16F3NO3S. The molecule has 0 aromatic heterocycles. The second kappa shape index (κ2) is 6.45. The molecule has 0 radical (unpaired) electrons. The molecule has 0 saturated heterocycles. The second-order valence-corrected chi connectivity index (χ2v) is 6.24. The number of hydrogen-bond acceptors (Lipinski definition) is 3. The lowest BCUT2D eigenvalue weighted by Gasteiger charge is -2.17. The molecular weight excluding hydrogens is 295 g/mol.